The Morgan fingerprint density at radius 2 is 2.08 bits per heavy atom. The lowest BCUT2D eigenvalue weighted by molar-refractivity contribution is 0.122. The van der Waals surface area contributed by atoms with E-state index in [1.165, 1.54) is 11.4 Å². The van der Waals surface area contributed by atoms with E-state index in [9.17, 15) is 0 Å². The van der Waals surface area contributed by atoms with Crippen molar-refractivity contribution in [3.63, 3.8) is 0 Å². The third-order valence-electron chi connectivity index (χ3n) is 4.43. The van der Waals surface area contributed by atoms with E-state index in [-0.39, 0.29) is 6.61 Å². The van der Waals surface area contributed by atoms with Crippen LogP contribution < -0.4 is 10.2 Å². The van der Waals surface area contributed by atoms with Gasteiger partial charge in [-0.05, 0) is 5.92 Å². The molecule has 8 heteroatoms. The molecule has 138 valence electrons. The van der Waals surface area contributed by atoms with Crippen molar-refractivity contribution in [2.45, 2.75) is 32.9 Å². The van der Waals surface area contributed by atoms with Gasteiger partial charge in [-0.1, -0.05) is 13.8 Å². The average Bonchev–Trinajstić information content (AvgIpc) is 3.18. The van der Waals surface area contributed by atoms with Crippen LogP contribution >= 0.6 is 0 Å². The zero-order chi connectivity index (χ0) is 17.8. The van der Waals surface area contributed by atoms with Crippen molar-refractivity contribution in [1.29, 1.82) is 0 Å². The molecule has 2 aromatic rings. The maximum absolute atomic E-state index is 9.01. The number of morpholine rings is 1. The van der Waals surface area contributed by atoms with Gasteiger partial charge in [0.2, 0.25) is 0 Å². The maximum atomic E-state index is 9.01. The molecule has 0 aromatic carbocycles. The molecule has 0 spiro atoms. The van der Waals surface area contributed by atoms with Crippen LogP contribution in [0.2, 0.25) is 0 Å². The van der Waals surface area contributed by atoms with E-state index < -0.39 is 0 Å². The Morgan fingerprint density at radius 3 is 2.76 bits per heavy atom. The summed E-state index contributed by atoms with van der Waals surface area (Å²) in [4.78, 5) is 2.36. The maximum Gasteiger partial charge on any atom is 0.132 e. The van der Waals surface area contributed by atoms with Crippen molar-refractivity contribution in [3.8, 4) is 0 Å². The topological polar surface area (TPSA) is 80.4 Å². The van der Waals surface area contributed by atoms with Crippen molar-refractivity contribution in [2.24, 2.45) is 7.05 Å². The van der Waals surface area contributed by atoms with E-state index >= 15 is 0 Å². The molecule has 1 aliphatic heterocycles. The van der Waals surface area contributed by atoms with Gasteiger partial charge in [0.1, 0.15) is 5.82 Å². The van der Waals surface area contributed by atoms with Crippen molar-refractivity contribution < 1.29 is 9.84 Å². The Kier molecular flexibility index (Phi) is 5.60. The van der Waals surface area contributed by atoms with Crippen molar-refractivity contribution in [1.82, 2.24) is 19.6 Å². The minimum atomic E-state index is 0.0857. The van der Waals surface area contributed by atoms with Gasteiger partial charge in [0, 0.05) is 38.4 Å². The number of aliphatic hydroxyl groups excluding tert-OH is 1. The summed E-state index contributed by atoms with van der Waals surface area (Å²) < 4.78 is 9.22. The molecule has 1 fully saturated rings. The molecule has 1 aliphatic rings. The quantitative estimate of drug-likeness (QED) is 0.782. The highest BCUT2D eigenvalue weighted by Gasteiger charge is 2.24. The molecule has 25 heavy (non-hydrogen) atoms. The predicted octanol–water partition coefficient (Wildman–Crippen LogP) is 1.18. The van der Waals surface area contributed by atoms with Gasteiger partial charge in [0.15, 0.2) is 0 Å². The zero-order valence-electron chi connectivity index (χ0n) is 15.3. The molecule has 0 aliphatic carbocycles. The SMILES string of the molecule is CC(C)c1nn(C)c(N2CCOCC2)c1CNc1cnn(CCO)c1. The van der Waals surface area contributed by atoms with Gasteiger partial charge >= 0.3 is 0 Å². The standard InChI is InChI=1S/C17H28N6O2/c1-13(2)16-15(11-18-14-10-19-23(12-14)4-7-24)17(21(3)20-16)22-5-8-25-9-6-22/h10,12-13,18,24H,4-9,11H2,1-3H3. The molecule has 1 saturated heterocycles. The summed E-state index contributed by atoms with van der Waals surface area (Å²) in [5.74, 6) is 1.53. The lowest BCUT2D eigenvalue weighted by Crippen LogP contribution is -2.38. The van der Waals surface area contributed by atoms with Crippen LogP contribution in [-0.2, 0) is 24.9 Å². The number of rotatable bonds is 7. The number of ether oxygens (including phenoxy) is 1. The molecule has 8 nitrogen and oxygen atoms in total. The van der Waals surface area contributed by atoms with Crippen LogP contribution in [0.4, 0.5) is 11.5 Å². The van der Waals surface area contributed by atoms with Crippen molar-refractivity contribution in [3.05, 3.63) is 23.7 Å². The summed E-state index contributed by atoms with van der Waals surface area (Å²) in [7, 11) is 2.01. The number of hydrogen-bond donors (Lipinski definition) is 2. The van der Waals surface area contributed by atoms with E-state index in [1.54, 1.807) is 10.9 Å². The monoisotopic (exact) mass is 348 g/mol. The highest BCUT2D eigenvalue weighted by molar-refractivity contribution is 5.53. The van der Waals surface area contributed by atoms with Crippen LogP contribution in [0.15, 0.2) is 12.4 Å². The minimum absolute atomic E-state index is 0.0857. The van der Waals surface area contributed by atoms with E-state index in [0.29, 0.717) is 19.0 Å². The Morgan fingerprint density at radius 1 is 1.32 bits per heavy atom. The van der Waals surface area contributed by atoms with Gasteiger partial charge in [0.25, 0.3) is 0 Å². The largest absolute Gasteiger partial charge is 0.394 e. The molecule has 0 saturated carbocycles. The molecule has 0 unspecified atom stereocenters. The second-order valence-electron chi connectivity index (χ2n) is 6.63. The normalized spacial score (nSPS) is 15.2. The summed E-state index contributed by atoms with van der Waals surface area (Å²) in [6.07, 6.45) is 3.70. The predicted molar refractivity (Wildman–Crippen MR) is 97.0 cm³/mol. The third-order valence-corrected chi connectivity index (χ3v) is 4.43. The number of nitrogens with one attached hydrogen (secondary N) is 1. The smallest absolute Gasteiger partial charge is 0.132 e. The average molecular weight is 348 g/mol. The zero-order valence-corrected chi connectivity index (χ0v) is 15.3. The van der Waals surface area contributed by atoms with Crippen LogP contribution in [0, 0.1) is 0 Å². The molecular weight excluding hydrogens is 320 g/mol. The number of aliphatic hydroxyl groups is 1. The van der Waals surface area contributed by atoms with Gasteiger partial charge in [-0.25, -0.2) is 0 Å². The first-order valence-electron chi connectivity index (χ1n) is 8.85. The molecular formula is C17H28N6O2. The summed E-state index contributed by atoms with van der Waals surface area (Å²) in [6, 6.07) is 0. The van der Waals surface area contributed by atoms with Crippen LogP contribution in [-0.4, -0.2) is 57.6 Å². The molecule has 2 N–H and O–H groups in total. The highest BCUT2D eigenvalue weighted by Crippen LogP contribution is 2.29. The molecule has 3 rings (SSSR count). The summed E-state index contributed by atoms with van der Waals surface area (Å²) in [6.45, 7) is 8.91. The van der Waals surface area contributed by atoms with Crippen LogP contribution in [0.5, 0.6) is 0 Å². The van der Waals surface area contributed by atoms with E-state index in [1.807, 2.05) is 17.9 Å². The Hall–Kier alpha value is -2.06. The third kappa shape index (κ3) is 3.96. The molecule has 3 heterocycles. The van der Waals surface area contributed by atoms with Gasteiger partial charge < -0.3 is 20.1 Å². The molecule has 0 atom stereocenters. The van der Waals surface area contributed by atoms with Crippen LogP contribution in [0.25, 0.3) is 0 Å². The van der Waals surface area contributed by atoms with Crippen molar-refractivity contribution in [2.75, 3.05) is 43.1 Å². The van der Waals surface area contributed by atoms with Gasteiger partial charge in [0.05, 0.1) is 43.9 Å². The number of hydrogen-bond acceptors (Lipinski definition) is 6. The number of aromatic nitrogens is 4. The van der Waals surface area contributed by atoms with Gasteiger partial charge in [-0.3, -0.25) is 9.36 Å². The second kappa shape index (κ2) is 7.88. The fourth-order valence-electron chi connectivity index (χ4n) is 3.25. The molecule has 0 bridgehead atoms. The van der Waals surface area contributed by atoms with E-state index in [2.05, 4.69) is 29.2 Å². The number of aryl methyl sites for hydroxylation is 1. The fourth-order valence-corrected chi connectivity index (χ4v) is 3.25. The Balaban J connectivity index is 1.82. The summed E-state index contributed by atoms with van der Waals surface area (Å²) in [5, 5.41) is 21.5. The number of nitrogens with zero attached hydrogens (tertiary/aromatic N) is 5. The lowest BCUT2D eigenvalue weighted by Gasteiger charge is -2.29. The minimum Gasteiger partial charge on any atom is -0.394 e. The highest BCUT2D eigenvalue weighted by atomic mass is 16.5. The van der Waals surface area contributed by atoms with E-state index in [0.717, 1.165) is 37.7 Å². The first-order valence-corrected chi connectivity index (χ1v) is 8.85. The van der Waals surface area contributed by atoms with Crippen LogP contribution in [0.3, 0.4) is 0 Å². The molecule has 2 aromatic heterocycles. The van der Waals surface area contributed by atoms with Crippen molar-refractivity contribution >= 4 is 11.5 Å². The summed E-state index contributed by atoms with van der Waals surface area (Å²) >= 11 is 0. The Labute approximate surface area is 148 Å². The number of anilines is 2. The first-order chi connectivity index (χ1) is 12.1. The van der Waals surface area contributed by atoms with Gasteiger partial charge in [-0.2, -0.15) is 10.2 Å². The Bertz CT molecular complexity index is 687. The summed E-state index contributed by atoms with van der Waals surface area (Å²) in [5.41, 5.74) is 3.30. The molecule has 0 amide bonds. The van der Waals surface area contributed by atoms with Gasteiger partial charge in [-0.15, -0.1) is 0 Å². The fraction of sp³-hybridized carbons (Fsp3) is 0.647. The lowest BCUT2D eigenvalue weighted by atomic mass is 10.0. The first kappa shape index (κ1) is 17.8. The van der Waals surface area contributed by atoms with Crippen LogP contribution in [0.1, 0.15) is 31.0 Å². The second-order valence-corrected chi connectivity index (χ2v) is 6.63. The molecule has 0 radical (unpaired) electrons. The van der Waals surface area contributed by atoms with E-state index in [4.69, 9.17) is 14.9 Å².